The summed E-state index contributed by atoms with van der Waals surface area (Å²) in [5, 5.41) is 0. The zero-order valence-electron chi connectivity index (χ0n) is 13.8. The number of ether oxygens (including phenoxy) is 2. The number of halogens is 2. The van der Waals surface area contributed by atoms with Gasteiger partial charge >= 0.3 is 0 Å². The van der Waals surface area contributed by atoms with Crippen molar-refractivity contribution in [1.29, 1.82) is 0 Å². The van der Waals surface area contributed by atoms with Crippen LogP contribution in [0.1, 0.15) is 0 Å². The maximum Gasteiger partial charge on any atom is 0.135 e. The van der Waals surface area contributed by atoms with Crippen LogP contribution < -0.4 is 19.3 Å². The Kier molecular flexibility index (Phi) is 5.56. The van der Waals surface area contributed by atoms with Crippen molar-refractivity contribution in [2.75, 3.05) is 50.2 Å². The number of hydrogen-bond acceptors (Lipinski definition) is 4. The molecule has 0 N–H and O–H groups in total. The molecule has 1 aliphatic heterocycles. The van der Waals surface area contributed by atoms with Crippen LogP contribution in [0, 0.1) is 0 Å². The standard InChI is InChI=1S/C18H20Br2N2O2/c1-23-17-6-4-13(11-16(17)20)21-7-9-22(10-8-21)14-3-5-15(19)18(12-14)24-2/h3-6,11-12H,7-10H2,1-2H3. The van der Waals surface area contributed by atoms with Gasteiger partial charge in [-0.2, -0.15) is 0 Å². The summed E-state index contributed by atoms with van der Waals surface area (Å²) in [4.78, 5) is 4.79. The zero-order valence-corrected chi connectivity index (χ0v) is 16.9. The van der Waals surface area contributed by atoms with Crippen LogP contribution in [0.15, 0.2) is 45.3 Å². The van der Waals surface area contributed by atoms with Crippen molar-refractivity contribution in [3.63, 3.8) is 0 Å². The van der Waals surface area contributed by atoms with E-state index in [9.17, 15) is 0 Å². The van der Waals surface area contributed by atoms with E-state index in [1.807, 2.05) is 12.1 Å². The molecule has 0 spiro atoms. The molecule has 3 rings (SSSR count). The SMILES string of the molecule is COc1ccc(N2CCN(c3ccc(Br)c(OC)c3)CC2)cc1Br. The number of methoxy groups -OCH3 is 2. The van der Waals surface area contributed by atoms with Gasteiger partial charge in [0, 0.05) is 43.6 Å². The third-order valence-corrected chi connectivity index (χ3v) is 5.55. The third-order valence-electron chi connectivity index (χ3n) is 4.28. The second kappa shape index (κ2) is 7.66. The van der Waals surface area contributed by atoms with Gasteiger partial charge in [0.25, 0.3) is 0 Å². The topological polar surface area (TPSA) is 24.9 Å². The van der Waals surface area contributed by atoms with Crippen molar-refractivity contribution in [3.05, 3.63) is 45.3 Å². The van der Waals surface area contributed by atoms with Crippen LogP contribution in [-0.4, -0.2) is 40.4 Å². The highest BCUT2D eigenvalue weighted by Crippen LogP contribution is 2.32. The molecule has 1 aliphatic rings. The van der Waals surface area contributed by atoms with E-state index in [0.717, 1.165) is 46.6 Å². The number of nitrogens with zero attached hydrogens (tertiary/aromatic N) is 2. The fraction of sp³-hybridized carbons (Fsp3) is 0.333. The Morgan fingerprint density at radius 1 is 0.708 bits per heavy atom. The van der Waals surface area contributed by atoms with Gasteiger partial charge in [-0.05, 0) is 62.2 Å². The molecular formula is C18H20Br2N2O2. The molecule has 0 aromatic heterocycles. The number of piperazine rings is 1. The third kappa shape index (κ3) is 3.64. The van der Waals surface area contributed by atoms with Gasteiger partial charge in [-0.1, -0.05) is 0 Å². The maximum absolute atomic E-state index is 5.40. The van der Waals surface area contributed by atoms with Crippen LogP contribution in [0.2, 0.25) is 0 Å². The van der Waals surface area contributed by atoms with Crippen molar-refractivity contribution < 1.29 is 9.47 Å². The van der Waals surface area contributed by atoms with Gasteiger partial charge in [0.05, 0.1) is 23.2 Å². The molecule has 128 valence electrons. The highest BCUT2D eigenvalue weighted by molar-refractivity contribution is 9.10. The first-order valence-electron chi connectivity index (χ1n) is 7.79. The summed E-state index contributed by atoms with van der Waals surface area (Å²) in [5.74, 6) is 1.73. The largest absolute Gasteiger partial charge is 0.496 e. The molecule has 0 atom stereocenters. The lowest BCUT2D eigenvalue weighted by atomic mass is 10.2. The molecule has 0 amide bonds. The molecule has 2 aromatic rings. The monoisotopic (exact) mass is 454 g/mol. The van der Waals surface area contributed by atoms with E-state index in [1.165, 1.54) is 11.4 Å². The summed E-state index contributed by atoms with van der Waals surface area (Å²) in [6.07, 6.45) is 0. The maximum atomic E-state index is 5.40. The Labute approximate surface area is 159 Å². The molecule has 0 unspecified atom stereocenters. The van der Waals surface area contributed by atoms with Gasteiger partial charge < -0.3 is 19.3 Å². The number of rotatable bonds is 4. The number of benzene rings is 2. The minimum Gasteiger partial charge on any atom is -0.496 e. The molecule has 6 heteroatoms. The summed E-state index contributed by atoms with van der Waals surface area (Å²) in [7, 11) is 3.38. The van der Waals surface area contributed by atoms with Crippen LogP contribution in [0.3, 0.4) is 0 Å². The van der Waals surface area contributed by atoms with Crippen molar-refractivity contribution >= 4 is 43.2 Å². The van der Waals surface area contributed by atoms with Crippen LogP contribution >= 0.6 is 31.9 Å². The molecule has 0 bridgehead atoms. The van der Waals surface area contributed by atoms with E-state index >= 15 is 0 Å². The van der Waals surface area contributed by atoms with Gasteiger partial charge in [0.2, 0.25) is 0 Å². The van der Waals surface area contributed by atoms with E-state index < -0.39 is 0 Å². The van der Waals surface area contributed by atoms with Gasteiger partial charge in [0.15, 0.2) is 0 Å². The lowest BCUT2D eigenvalue weighted by Gasteiger charge is -2.37. The highest BCUT2D eigenvalue weighted by Gasteiger charge is 2.19. The minimum atomic E-state index is 0.861. The Morgan fingerprint density at radius 3 is 1.79 bits per heavy atom. The average Bonchev–Trinajstić information content (AvgIpc) is 2.62. The van der Waals surface area contributed by atoms with Gasteiger partial charge in [0.1, 0.15) is 11.5 Å². The summed E-state index contributed by atoms with van der Waals surface area (Å²) in [6, 6.07) is 12.5. The molecule has 1 fully saturated rings. The molecule has 0 radical (unpaired) electrons. The van der Waals surface area contributed by atoms with Crippen LogP contribution in [0.4, 0.5) is 11.4 Å². The molecule has 1 heterocycles. The summed E-state index contributed by atoms with van der Waals surface area (Å²) in [6.45, 7) is 3.93. The van der Waals surface area contributed by atoms with Crippen LogP contribution in [0.5, 0.6) is 11.5 Å². The van der Waals surface area contributed by atoms with Crippen LogP contribution in [-0.2, 0) is 0 Å². The first kappa shape index (κ1) is 17.4. The molecule has 0 aliphatic carbocycles. The van der Waals surface area contributed by atoms with Crippen molar-refractivity contribution in [2.24, 2.45) is 0 Å². The Morgan fingerprint density at radius 2 is 1.25 bits per heavy atom. The van der Waals surface area contributed by atoms with E-state index in [4.69, 9.17) is 9.47 Å². The van der Waals surface area contributed by atoms with E-state index in [-0.39, 0.29) is 0 Å². The summed E-state index contributed by atoms with van der Waals surface area (Å²) < 4.78 is 12.7. The number of hydrogen-bond donors (Lipinski definition) is 0. The summed E-state index contributed by atoms with van der Waals surface area (Å²) in [5.41, 5.74) is 2.42. The predicted molar refractivity (Wildman–Crippen MR) is 106 cm³/mol. The first-order valence-corrected chi connectivity index (χ1v) is 9.38. The number of anilines is 2. The predicted octanol–water partition coefficient (Wildman–Crippen LogP) is 4.56. The first-order chi connectivity index (χ1) is 11.6. The van der Waals surface area contributed by atoms with Gasteiger partial charge in [-0.25, -0.2) is 0 Å². The second-order valence-corrected chi connectivity index (χ2v) is 7.32. The van der Waals surface area contributed by atoms with E-state index in [1.54, 1.807) is 14.2 Å². The Bertz CT molecular complexity index is 716. The van der Waals surface area contributed by atoms with Gasteiger partial charge in [-0.3, -0.25) is 0 Å². The molecular weight excluding hydrogens is 436 g/mol. The smallest absolute Gasteiger partial charge is 0.135 e. The van der Waals surface area contributed by atoms with Crippen LogP contribution in [0.25, 0.3) is 0 Å². The zero-order chi connectivity index (χ0) is 17.1. The fourth-order valence-corrected chi connectivity index (χ4v) is 3.86. The quantitative estimate of drug-likeness (QED) is 0.674. The highest BCUT2D eigenvalue weighted by atomic mass is 79.9. The molecule has 24 heavy (non-hydrogen) atoms. The van der Waals surface area contributed by atoms with Crippen molar-refractivity contribution in [3.8, 4) is 11.5 Å². The lowest BCUT2D eigenvalue weighted by molar-refractivity contribution is 0.412. The molecule has 2 aromatic carbocycles. The Balaban J connectivity index is 1.68. The molecule has 1 saturated heterocycles. The average molecular weight is 456 g/mol. The lowest BCUT2D eigenvalue weighted by Crippen LogP contribution is -2.46. The Hall–Kier alpha value is -1.40. The van der Waals surface area contributed by atoms with E-state index in [0.29, 0.717) is 0 Å². The van der Waals surface area contributed by atoms with E-state index in [2.05, 4.69) is 65.9 Å². The minimum absolute atomic E-state index is 0.861. The van der Waals surface area contributed by atoms with Crippen molar-refractivity contribution in [1.82, 2.24) is 0 Å². The molecule has 4 nitrogen and oxygen atoms in total. The van der Waals surface area contributed by atoms with Crippen molar-refractivity contribution in [2.45, 2.75) is 0 Å². The molecule has 0 saturated carbocycles. The van der Waals surface area contributed by atoms with Gasteiger partial charge in [-0.15, -0.1) is 0 Å². The second-order valence-electron chi connectivity index (χ2n) is 5.61. The summed E-state index contributed by atoms with van der Waals surface area (Å²) >= 11 is 7.07. The normalized spacial score (nSPS) is 14.7. The fourth-order valence-electron chi connectivity index (χ4n) is 2.92.